The molecule has 0 aliphatic rings. The predicted octanol–water partition coefficient (Wildman–Crippen LogP) is 3.69. The van der Waals surface area contributed by atoms with Crippen LogP contribution in [0.15, 0.2) is 42.5 Å². The monoisotopic (exact) mass is 371 g/mol. The number of hydrazine groups is 1. The maximum atomic E-state index is 13.6. The van der Waals surface area contributed by atoms with E-state index in [1.165, 1.54) is 18.2 Å². The summed E-state index contributed by atoms with van der Waals surface area (Å²) in [4.78, 5) is 11.8. The number of hydrogen-bond donors (Lipinski definition) is 3. The van der Waals surface area contributed by atoms with Gasteiger partial charge in [-0.1, -0.05) is 35.3 Å². The molecule has 0 saturated carbocycles. The minimum Gasteiger partial charge on any atom is -0.331 e. The minimum absolute atomic E-state index is 0.127. The van der Waals surface area contributed by atoms with Crippen LogP contribution in [-0.4, -0.2) is 11.0 Å². The van der Waals surface area contributed by atoms with Gasteiger partial charge in [0, 0.05) is 21.3 Å². The smallest absolute Gasteiger partial charge is 0.242 e. The quantitative estimate of drug-likeness (QED) is 0.568. The molecule has 23 heavy (non-hydrogen) atoms. The molecule has 0 radical (unpaired) electrons. The highest BCUT2D eigenvalue weighted by Gasteiger charge is 2.12. The van der Waals surface area contributed by atoms with Crippen molar-refractivity contribution in [2.75, 3.05) is 5.32 Å². The normalized spacial score (nSPS) is 10.0. The van der Waals surface area contributed by atoms with E-state index in [0.29, 0.717) is 10.7 Å². The van der Waals surface area contributed by atoms with Crippen LogP contribution in [0, 0.1) is 5.82 Å². The first-order valence-electron chi connectivity index (χ1n) is 6.50. The molecule has 0 aliphatic heterocycles. The molecule has 8 heteroatoms. The van der Waals surface area contributed by atoms with Crippen molar-refractivity contribution in [3.63, 3.8) is 0 Å². The molecule has 0 spiro atoms. The summed E-state index contributed by atoms with van der Waals surface area (Å²) >= 11 is 16.8. The Balaban J connectivity index is 1.85. The number of halogens is 3. The summed E-state index contributed by atoms with van der Waals surface area (Å²) in [5.41, 5.74) is 5.69. The first kappa shape index (κ1) is 17.5. The number of carbonyl (C=O) groups is 1. The van der Waals surface area contributed by atoms with Gasteiger partial charge in [0.25, 0.3) is 0 Å². The Kier molecular flexibility index (Phi) is 6.15. The summed E-state index contributed by atoms with van der Waals surface area (Å²) in [5.74, 6) is -1.01. The number of rotatable bonds is 3. The maximum absolute atomic E-state index is 13.6. The second-order valence-corrected chi connectivity index (χ2v) is 5.77. The van der Waals surface area contributed by atoms with Crippen LogP contribution in [-0.2, 0) is 11.2 Å². The Morgan fingerprint density at radius 2 is 1.87 bits per heavy atom. The van der Waals surface area contributed by atoms with Crippen LogP contribution in [0.25, 0.3) is 0 Å². The fourth-order valence-electron chi connectivity index (χ4n) is 1.76. The van der Waals surface area contributed by atoms with Gasteiger partial charge in [-0.25, -0.2) is 4.39 Å². The van der Waals surface area contributed by atoms with Crippen molar-refractivity contribution in [3.05, 3.63) is 63.9 Å². The van der Waals surface area contributed by atoms with Gasteiger partial charge < -0.3 is 5.32 Å². The maximum Gasteiger partial charge on any atom is 0.242 e. The second-order valence-electron chi connectivity index (χ2n) is 4.51. The average molecular weight is 372 g/mol. The van der Waals surface area contributed by atoms with Gasteiger partial charge in [0.1, 0.15) is 5.82 Å². The lowest BCUT2D eigenvalue weighted by atomic mass is 10.1. The van der Waals surface area contributed by atoms with Crippen LogP contribution in [0.4, 0.5) is 10.1 Å². The lowest BCUT2D eigenvalue weighted by molar-refractivity contribution is -0.121. The van der Waals surface area contributed by atoms with E-state index in [1.54, 1.807) is 24.3 Å². The first-order chi connectivity index (χ1) is 11.0. The predicted molar refractivity (Wildman–Crippen MR) is 94.1 cm³/mol. The van der Waals surface area contributed by atoms with Gasteiger partial charge in [0.2, 0.25) is 5.91 Å². The van der Waals surface area contributed by atoms with Gasteiger partial charge in [-0.3, -0.25) is 15.6 Å². The molecule has 0 fully saturated rings. The van der Waals surface area contributed by atoms with Crippen LogP contribution in [0.2, 0.25) is 10.0 Å². The molecule has 0 saturated heterocycles. The van der Waals surface area contributed by atoms with Crippen molar-refractivity contribution in [1.29, 1.82) is 0 Å². The van der Waals surface area contributed by atoms with Crippen LogP contribution in [0.1, 0.15) is 5.56 Å². The standard InChI is InChI=1S/C15H12Cl2FN3OS/c16-9-3-1-4-10(7-9)19-15(23)21-20-14(22)8-11-12(17)5-2-6-13(11)18/h1-7H,8H2,(H,20,22)(H2,19,21,23). The Bertz CT molecular complexity index is 722. The van der Waals surface area contributed by atoms with Gasteiger partial charge in [0.05, 0.1) is 6.42 Å². The third kappa shape index (κ3) is 5.35. The van der Waals surface area contributed by atoms with Gasteiger partial charge >= 0.3 is 0 Å². The molecule has 2 aromatic rings. The molecule has 0 unspecified atom stereocenters. The zero-order chi connectivity index (χ0) is 16.8. The SMILES string of the molecule is O=C(Cc1c(F)cccc1Cl)NNC(=S)Nc1cccc(Cl)c1. The highest BCUT2D eigenvalue weighted by Crippen LogP contribution is 2.19. The summed E-state index contributed by atoms with van der Waals surface area (Å²) in [6.07, 6.45) is -0.210. The molecule has 0 aliphatic carbocycles. The topological polar surface area (TPSA) is 53.2 Å². The summed E-state index contributed by atoms with van der Waals surface area (Å²) in [6.45, 7) is 0. The first-order valence-corrected chi connectivity index (χ1v) is 7.66. The van der Waals surface area contributed by atoms with Gasteiger partial charge in [0.15, 0.2) is 5.11 Å². The minimum atomic E-state index is -0.535. The molecule has 0 aromatic heterocycles. The highest BCUT2D eigenvalue weighted by atomic mass is 35.5. The van der Waals surface area contributed by atoms with Crippen LogP contribution in [0.5, 0.6) is 0 Å². The Hall–Kier alpha value is -1.89. The number of benzene rings is 2. The third-order valence-electron chi connectivity index (χ3n) is 2.80. The van der Waals surface area contributed by atoms with E-state index in [1.807, 2.05) is 0 Å². The zero-order valence-electron chi connectivity index (χ0n) is 11.7. The highest BCUT2D eigenvalue weighted by molar-refractivity contribution is 7.80. The van der Waals surface area contributed by atoms with Crippen molar-refractivity contribution >= 4 is 52.1 Å². The Morgan fingerprint density at radius 3 is 2.57 bits per heavy atom. The van der Waals surface area contributed by atoms with E-state index in [4.69, 9.17) is 35.4 Å². The number of thiocarbonyl (C=S) groups is 1. The number of nitrogens with one attached hydrogen (secondary N) is 3. The molecule has 0 bridgehead atoms. The summed E-state index contributed by atoms with van der Waals surface area (Å²) < 4.78 is 13.6. The largest absolute Gasteiger partial charge is 0.331 e. The average Bonchev–Trinajstić information content (AvgIpc) is 2.49. The lowest BCUT2D eigenvalue weighted by Gasteiger charge is -2.12. The molecule has 4 nitrogen and oxygen atoms in total. The Morgan fingerprint density at radius 1 is 1.13 bits per heavy atom. The van der Waals surface area contributed by atoms with E-state index in [0.717, 1.165) is 0 Å². The molecular weight excluding hydrogens is 360 g/mol. The number of hydrogen-bond acceptors (Lipinski definition) is 2. The molecule has 120 valence electrons. The van der Waals surface area contributed by atoms with Gasteiger partial charge in [-0.05, 0) is 42.5 Å². The lowest BCUT2D eigenvalue weighted by Crippen LogP contribution is -2.44. The number of carbonyl (C=O) groups excluding carboxylic acids is 1. The van der Waals surface area contributed by atoms with E-state index in [2.05, 4.69) is 16.2 Å². The van der Waals surface area contributed by atoms with Crippen molar-refractivity contribution in [2.45, 2.75) is 6.42 Å². The van der Waals surface area contributed by atoms with Crippen molar-refractivity contribution in [3.8, 4) is 0 Å². The summed E-state index contributed by atoms with van der Waals surface area (Å²) in [6, 6.07) is 11.2. The van der Waals surface area contributed by atoms with Gasteiger partial charge in [-0.2, -0.15) is 0 Å². The van der Waals surface area contributed by atoms with Crippen molar-refractivity contribution in [2.24, 2.45) is 0 Å². The third-order valence-corrected chi connectivity index (χ3v) is 3.59. The molecule has 0 heterocycles. The zero-order valence-corrected chi connectivity index (χ0v) is 14.0. The van der Waals surface area contributed by atoms with Crippen molar-refractivity contribution < 1.29 is 9.18 Å². The number of anilines is 1. The fourth-order valence-corrected chi connectivity index (χ4v) is 2.35. The summed E-state index contributed by atoms with van der Waals surface area (Å²) in [7, 11) is 0. The van der Waals surface area contributed by atoms with Crippen molar-refractivity contribution in [1.82, 2.24) is 10.9 Å². The molecule has 0 atom stereocenters. The Labute approximate surface area is 147 Å². The summed E-state index contributed by atoms with van der Waals surface area (Å²) in [5, 5.41) is 3.76. The van der Waals surface area contributed by atoms with Crippen LogP contribution < -0.4 is 16.2 Å². The molecule has 2 aromatic carbocycles. The van der Waals surface area contributed by atoms with Gasteiger partial charge in [-0.15, -0.1) is 0 Å². The van der Waals surface area contributed by atoms with E-state index in [9.17, 15) is 9.18 Å². The second kappa shape index (κ2) is 8.10. The van der Waals surface area contributed by atoms with E-state index in [-0.39, 0.29) is 22.1 Å². The molecule has 3 N–H and O–H groups in total. The van der Waals surface area contributed by atoms with Crippen LogP contribution in [0.3, 0.4) is 0 Å². The molecule has 2 rings (SSSR count). The van der Waals surface area contributed by atoms with Crippen LogP contribution >= 0.6 is 35.4 Å². The molecule has 1 amide bonds. The molecular formula is C15H12Cl2FN3OS. The fraction of sp³-hybridized carbons (Fsp3) is 0.0667. The number of amides is 1. The van der Waals surface area contributed by atoms with E-state index >= 15 is 0 Å². The van der Waals surface area contributed by atoms with E-state index < -0.39 is 11.7 Å².